The van der Waals surface area contributed by atoms with Crippen LogP contribution in [0.4, 0.5) is 10.1 Å². The molecule has 1 aromatic carbocycles. The third-order valence-electron chi connectivity index (χ3n) is 7.91. The summed E-state index contributed by atoms with van der Waals surface area (Å²) >= 11 is 0. The van der Waals surface area contributed by atoms with Crippen LogP contribution in [0.1, 0.15) is 31.4 Å². The first-order chi connectivity index (χ1) is 18.0. The van der Waals surface area contributed by atoms with Gasteiger partial charge < -0.3 is 30.6 Å². The number of likely N-dealkylation sites (N-methyl/N-ethyl adjacent to an activating group) is 2. The normalized spacial score (nSPS) is 28.5. The first-order valence-corrected chi connectivity index (χ1v) is 12.3. The molecule has 12 heteroatoms. The number of Topliss-reactive ketones (excluding diaryl/α,β-unsaturated/α-hetero) is 3. The van der Waals surface area contributed by atoms with Gasteiger partial charge in [0.05, 0.1) is 23.8 Å². The Kier molecular flexibility index (Phi) is 6.73. The number of phenols is 1. The molecule has 0 radical (unpaired) electrons. The molecule has 0 spiro atoms. The molecule has 3 aliphatic rings. The van der Waals surface area contributed by atoms with E-state index in [-0.39, 0.29) is 36.2 Å². The minimum Gasteiger partial charge on any atom is -0.508 e. The summed E-state index contributed by atoms with van der Waals surface area (Å²) in [6.45, 7) is 2.50. The fourth-order valence-electron chi connectivity index (χ4n) is 6.31. The zero-order valence-corrected chi connectivity index (χ0v) is 22.5. The monoisotopic (exact) mass is 545 g/mol. The fraction of sp³-hybridized carbons (Fsp3) is 0.481. The molecule has 0 aliphatic heterocycles. The second-order valence-electron chi connectivity index (χ2n) is 11.3. The Hall–Kier alpha value is -3.61. The van der Waals surface area contributed by atoms with Crippen LogP contribution < -0.4 is 5.32 Å². The van der Waals surface area contributed by atoms with E-state index in [0.717, 1.165) is 13.0 Å². The van der Waals surface area contributed by atoms with Gasteiger partial charge in [-0.25, -0.2) is 4.39 Å². The number of ketones is 3. The number of phenolic OH excluding ortho intramolecular Hbond substituents is 1. The number of benzene rings is 1. The predicted octanol–water partition coefficient (Wildman–Crippen LogP) is 1.10. The van der Waals surface area contributed by atoms with Crippen molar-refractivity contribution in [1.82, 2.24) is 9.80 Å². The number of carbonyl (C=O) groups is 4. The largest absolute Gasteiger partial charge is 0.508 e. The lowest BCUT2D eigenvalue weighted by molar-refractivity contribution is -0.156. The van der Waals surface area contributed by atoms with Crippen molar-refractivity contribution in [3.05, 3.63) is 39.9 Å². The van der Waals surface area contributed by atoms with Crippen LogP contribution in [0.25, 0.3) is 5.76 Å². The van der Waals surface area contributed by atoms with Gasteiger partial charge in [-0.3, -0.25) is 24.1 Å². The summed E-state index contributed by atoms with van der Waals surface area (Å²) in [7, 11) is 6.33. The molecule has 5 N–H and O–H groups in total. The third-order valence-corrected chi connectivity index (χ3v) is 7.91. The van der Waals surface area contributed by atoms with E-state index in [1.807, 2.05) is 0 Å². The molecule has 4 atom stereocenters. The second kappa shape index (κ2) is 9.25. The number of carbonyl (C=O) groups excluding carboxylic acids is 4. The van der Waals surface area contributed by atoms with Gasteiger partial charge in [0.1, 0.15) is 22.9 Å². The summed E-state index contributed by atoms with van der Waals surface area (Å²) in [5.74, 6) is -8.03. The van der Waals surface area contributed by atoms with Crippen LogP contribution in [-0.2, 0) is 25.6 Å². The lowest BCUT2D eigenvalue weighted by Crippen LogP contribution is -2.67. The van der Waals surface area contributed by atoms with Gasteiger partial charge >= 0.3 is 0 Å². The molecule has 1 aromatic rings. The lowest BCUT2D eigenvalue weighted by atomic mass is 9.52. The molecule has 1 fully saturated rings. The van der Waals surface area contributed by atoms with E-state index >= 15 is 4.39 Å². The Morgan fingerprint density at radius 2 is 1.77 bits per heavy atom. The van der Waals surface area contributed by atoms with Crippen molar-refractivity contribution in [3.63, 3.8) is 0 Å². The molecule has 11 nitrogen and oxygen atoms in total. The van der Waals surface area contributed by atoms with E-state index in [0.29, 0.717) is 0 Å². The summed E-state index contributed by atoms with van der Waals surface area (Å²) in [5.41, 5.74) is -6.03. The molecule has 1 saturated carbocycles. The zero-order valence-electron chi connectivity index (χ0n) is 22.5. The van der Waals surface area contributed by atoms with Crippen molar-refractivity contribution >= 4 is 34.7 Å². The standard InChI is InChI=1S/C27H32FN3O8/c1-11(32)17-23(36)20(31(5)6)13-9-26(2)8-12-14(28)7-15(29-16(33)10-30(3)4)21(34)18(12)22(35)19(26)25(38)27(13,39)24(17)37/h7,13,20,34-35,37,39H,8-10H2,1-6H3,(H,29,33)/t13-,20-,26-,27+/m0/s1. The number of nitrogens with zero attached hydrogens (tertiary/aromatic N) is 2. The zero-order chi connectivity index (χ0) is 29.4. The van der Waals surface area contributed by atoms with Gasteiger partial charge in [0.15, 0.2) is 22.9 Å². The maximum atomic E-state index is 15.4. The molecule has 1 amide bonds. The highest BCUT2D eigenvalue weighted by atomic mass is 19.1. The number of fused-ring (bicyclic) bond motifs is 3. The van der Waals surface area contributed by atoms with Crippen LogP contribution in [0, 0.1) is 17.2 Å². The van der Waals surface area contributed by atoms with Crippen LogP contribution in [0.5, 0.6) is 5.75 Å². The van der Waals surface area contributed by atoms with Crippen LogP contribution >= 0.6 is 0 Å². The molecule has 4 rings (SSSR count). The van der Waals surface area contributed by atoms with Gasteiger partial charge in [0, 0.05) is 28.5 Å². The van der Waals surface area contributed by atoms with E-state index < -0.39 is 80.5 Å². The van der Waals surface area contributed by atoms with E-state index in [2.05, 4.69) is 5.32 Å². The third kappa shape index (κ3) is 4.05. The second-order valence-corrected chi connectivity index (χ2v) is 11.3. The predicted molar refractivity (Wildman–Crippen MR) is 137 cm³/mol. The fourth-order valence-corrected chi connectivity index (χ4v) is 6.31. The van der Waals surface area contributed by atoms with Crippen molar-refractivity contribution in [2.45, 2.75) is 38.3 Å². The number of anilines is 1. The highest BCUT2D eigenvalue weighted by Crippen LogP contribution is 2.58. The molecular weight excluding hydrogens is 513 g/mol. The quantitative estimate of drug-likeness (QED) is 0.267. The molecule has 39 heavy (non-hydrogen) atoms. The van der Waals surface area contributed by atoms with E-state index in [4.69, 9.17) is 0 Å². The summed E-state index contributed by atoms with van der Waals surface area (Å²) < 4.78 is 15.4. The minimum absolute atomic E-state index is 0.0773. The average Bonchev–Trinajstić information content (AvgIpc) is 2.78. The van der Waals surface area contributed by atoms with E-state index in [1.54, 1.807) is 25.9 Å². The van der Waals surface area contributed by atoms with Crippen LogP contribution in [0.2, 0.25) is 0 Å². The molecule has 0 bridgehead atoms. The number of hydrogen-bond acceptors (Lipinski definition) is 10. The smallest absolute Gasteiger partial charge is 0.238 e. The van der Waals surface area contributed by atoms with Crippen LogP contribution in [0.15, 0.2) is 23.0 Å². The molecule has 0 saturated heterocycles. The van der Waals surface area contributed by atoms with Crippen LogP contribution in [-0.4, -0.2) is 99.9 Å². The number of aliphatic hydroxyl groups excluding tert-OH is 2. The minimum atomic E-state index is -2.74. The van der Waals surface area contributed by atoms with E-state index in [9.17, 15) is 39.6 Å². The maximum Gasteiger partial charge on any atom is 0.238 e. The Bertz CT molecular complexity index is 1400. The highest BCUT2D eigenvalue weighted by Gasteiger charge is 2.66. The van der Waals surface area contributed by atoms with Crippen molar-refractivity contribution in [2.24, 2.45) is 11.3 Å². The Balaban J connectivity index is 1.95. The van der Waals surface area contributed by atoms with Gasteiger partial charge in [-0.2, -0.15) is 0 Å². The molecule has 0 unspecified atom stereocenters. The number of rotatable bonds is 5. The molecule has 210 valence electrons. The first-order valence-electron chi connectivity index (χ1n) is 12.3. The topological polar surface area (TPSA) is 168 Å². The van der Waals surface area contributed by atoms with Gasteiger partial charge in [-0.1, -0.05) is 6.92 Å². The molecule has 0 heterocycles. The number of hydrogen-bond donors (Lipinski definition) is 5. The summed E-state index contributed by atoms with van der Waals surface area (Å²) in [4.78, 5) is 54.8. The summed E-state index contributed by atoms with van der Waals surface area (Å²) in [6.07, 6.45) is -0.358. The number of amides is 1. The highest BCUT2D eigenvalue weighted by molar-refractivity contribution is 6.25. The van der Waals surface area contributed by atoms with Gasteiger partial charge in [-0.05, 0) is 48.0 Å². The number of nitrogens with one attached hydrogen (secondary N) is 1. The Morgan fingerprint density at radius 1 is 1.15 bits per heavy atom. The maximum absolute atomic E-state index is 15.4. The molecule has 0 aromatic heterocycles. The average molecular weight is 546 g/mol. The van der Waals surface area contributed by atoms with Gasteiger partial charge in [0.25, 0.3) is 0 Å². The molecular formula is C27H32FN3O8. The lowest BCUT2D eigenvalue weighted by Gasteiger charge is -2.53. The van der Waals surface area contributed by atoms with Crippen LogP contribution in [0.3, 0.4) is 0 Å². The molecule has 3 aliphatic carbocycles. The van der Waals surface area contributed by atoms with Crippen molar-refractivity contribution < 1.29 is 44.0 Å². The number of halogens is 1. The first kappa shape index (κ1) is 28.4. The summed E-state index contributed by atoms with van der Waals surface area (Å²) in [5, 5.41) is 47.4. The van der Waals surface area contributed by atoms with Crippen molar-refractivity contribution in [3.8, 4) is 5.75 Å². The van der Waals surface area contributed by atoms with Crippen molar-refractivity contribution in [1.29, 1.82) is 0 Å². The Morgan fingerprint density at radius 3 is 2.31 bits per heavy atom. The van der Waals surface area contributed by atoms with E-state index in [1.165, 1.54) is 19.0 Å². The SMILES string of the molecule is CC(=O)C1=C(O)[C@@]2(O)C(=O)C3=C(O)c4c(O)c(NC(=O)CN(C)C)cc(F)c4C[C@@]3(C)C[C@H]2[C@H](N(C)C)C1=O. The summed E-state index contributed by atoms with van der Waals surface area (Å²) in [6, 6.07) is -0.256. The van der Waals surface area contributed by atoms with Crippen molar-refractivity contribution in [2.75, 3.05) is 40.1 Å². The number of aliphatic hydroxyl groups is 3. The number of aromatic hydroxyl groups is 1. The Labute approximate surface area is 224 Å². The van der Waals surface area contributed by atoms with Gasteiger partial charge in [-0.15, -0.1) is 0 Å². The van der Waals surface area contributed by atoms with Gasteiger partial charge in [0.2, 0.25) is 11.7 Å².